The number of phenolic OH excluding ortho intramolecular Hbond substituents is 1. The Bertz CT molecular complexity index is 319. The van der Waals surface area contributed by atoms with Crippen LogP contribution in [0.5, 0.6) is 5.75 Å². The van der Waals surface area contributed by atoms with Gasteiger partial charge in [0.15, 0.2) is 0 Å². The average Bonchev–Trinajstić information content (AvgIpc) is 2.19. The summed E-state index contributed by atoms with van der Waals surface area (Å²) in [4.78, 5) is 4.11. The molecule has 84 valence electrons. The van der Waals surface area contributed by atoms with Gasteiger partial charge >= 0.3 is 0 Å². The highest BCUT2D eigenvalue weighted by Gasteiger charge is 2.07. The minimum absolute atomic E-state index is 0.337. The van der Waals surface area contributed by atoms with Gasteiger partial charge in [-0.15, -0.1) is 0 Å². The van der Waals surface area contributed by atoms with Crippen LogP contribution >= 0.6 is 0 Å². The summed E-state index contributed by atoms with van der Waals surface area (Å²) in [7, 11) is 3.85. The molecule has 0 saturated carbocycles. The van der Waals surface area contributed by atoms with E-state index in [2.05, 4.69) is 18.7 Å². The number of nitrogens with zero attached hydrogens (tertiary/aromatic N) is 2. The lowest BCUT2D eigenvalue weighted by atomic mass is 10.2. The number of hydrogen-bond donors (Lipinski definition) is 1. The standard InChI is InChI=1S/C12H20N2O/c1-5-14(6-2)10-7-8-11(13(3)4)12(15)9-10/h7-9,15H,5-6H2,1-4H3. The van der Waals surface area contributed by atoms with E-state index < -0.39 is 0 Å². The number of rotatable bonds is 4. The van der Waals surface area contributed by atoms with Gasteiger partial charge < -0.3 is 14.9 Å². The van der Waals surface area contributed by atoms with Crippen molar-refractivity contribution in [2.75, 3.05) is 37.0 Å². The van der Waals surface area contributed by atoms with Crippen LogP contribution in [0, 0.1) is 0 Å². The van der Waals surface area contributed by atoms with Crippen molar-refractivity contribution in [2.45, 2.75) is 13.8 Å². The van der Waals surface area contributed by atoms with E-state index in [1.165, 1.54) is 0 Å². The molecule has 0 bridgehead atoms. The van der Waals surface area contributed by atoms with E-state index >= 15 is 0 Å². The van der Waals surface area contributed by atoms with Crippen LogP contribution in [0.3, 0.4) is 0 Å². The summed E-state index contributed by atoms with van der Waals surface area (Å²) in [5, 5.41) is 9.83. The maximum absolute atomic E-state index is 9.83. The summed E-state index contributed by atoms with van der Waals surface area (Å²) < 4.78 is 0. The second kappa shape index (κ2) is 4.91. The normalized spacial score (nSPS) is 10.1. The smallest absolute Gasteiger partial charge is 0.140 e. The molecule has 0 saturated heterocycles. The first-order chi connectivity index (χ1) is 7.10. The van der Waals surface area contributed by atoms with Gasteiger partial charge in [-0.1, -0.05) is 0 Å². The minimum atomic E-state index is 0.337. The molecule has 0 fully saturated rings. The molecule has 0 aliphatic carbocycles. The van der Waals surface area contributed by atoms with Crippen LogP contribution in [-0.2, 0) is 0 Å². The van der Waals surface area contributed by atoms with Gasteiger partial charge in [0.05, 0.1) is 5.69 Å². The summed E-state index contributed by atoms with van der Waals surface area (Å²) in [6.45, 7) is 6.13. The summed E-state index contributed by atoms with van der Waals surface area (Å²) in [6.07, 6.45) is 0. The fourth-order valence-corrected chi connectivity index (χ4v) is 1.68. The molecule has 0 spiro atoms. The monoisotopic (exact) mass is 208 g/mol. The van der Waals surface area contributed by atoms with Crippen molar-refractivity contribution in [2.24, 2.45) is 0 Å². The molecule has 1 aromatic carbocycles. The van der Waals surface area contributed by atoms with Gasteiger partial charge in [-0.2, -0.15) is 0 Å². The third-order valence-corrected chi connectivity index (χ3v) is 2.57. The number of anilines is 2. The molecule has 0 radical (unpaired) electrons. The number of phenols is 1. The lowest BCUT2D eigenvalue weighted by Crippen LogP contribution is -2.21. The summed E-state index contributed by atoms with van der Waals surface area (Å²) in [6, 6.07) is 5.81. The molecule has 3 nitrogen and oxygen atoms in total. The molecular formula is C12H20N2O. The van der Waals surface area contributed by atoms with Gasteiger partial charge in [-0.25, -0.2) is 0 Å². The van der Waals surface area contributed by atoms with Crippen molar-refractivity contribution in [3.8, 4) is 5.75 Å². The van der Waals surface area contributed by atoms with E-state index in [-0.39, 0.29) is 0 Å². The largest absolute Gasteiger partial charge is 0.506 e. The van der Waals surface area contributed by atoms with Crippen LogP contribution in [0.2, 0.25) is 0 Å². The Morgan fingerprint density at radius 2 is 1.73 bits per heavy atom. The topological polar surface area (TPSA) is 26.7 Å². The molecule has 0 amide bonds. The van der Waals surface area contributed by atoms with E-state index in [4.69, 9.17) is 0 Å². The van der Waals surface area contributed by atoms with Crippen LogP contribution in [0.15, 0.2) is 18.2 Å². The zero-order valence-electron chi connectivity index (χ0n) is 9.99. The molecule has 0 unspecified atom stereocenters. The molecule has 1 rings (SSSR count). The zero-order valence-corrected chi connectivity index (χ0v) is 9.99. The maximum Gasteiger partial charge on any atom is 0.140 e. The third-order valence-electron chi connectivity index (χ3n) is 2.57. The van der Waals surface area contributed by atoms with Crippen LogP contribution in [0.4, 0.5) is 11.4 Å². The van der Waals surface area contributed by atoms with Gasteiger partial charge in [0.1, 0.15) is 5.75 Å². The lowest BCUT2D eigenvalue weighted by Gasteiger charge is -2.23. The van der Waals surface area contributed by atoms with E-state index in [0.717, 1.165) is 24.5 Å². The Balaban J connectivity index is 3.00. The highest BCUT2D eigenvalue weighted by Crippen LogP contribution is 2.30. The van der Waals surface area contributed by atoms with E-state index in [1.807, 2.05) is 37.2 Å². The summed E-state index contributed by atoms with van der Waals surface area (Å²) in [5.41, 5.74) is 1.93. The average molecular weight is 208 g/mol. The molecule has 1 aromatic rings. The van der Waals surface area contributed by atoms with Crippen molar-refractivity contribution in [3.05, 3.63) is 18.2 Å². The summed E-state index contributed by atoms with van der Waals surface area (Å²) in [5.74, 6) is 0.337. The highest BCUT2D eigenvalue weighted by atomic mass is 16.3. The molecule has 3 heteroatoms. The number of aromatic hydroxyl groups is 1. The fourth-order valence-electron chi connectivity index (χ4n) is 1.68. The Kier molecular flexibility index (Phi) is 3.83. The van der Waals surface area contributed by atoms with Gasteiger partial charge in [-0.05, 0) is 26.0 Å². The SMILES string of the molecule is CCN(CC)c1ccc(N(C)C)c(O)c1. The van der Waals surface area contributed by atoms with E-state index in [1.54, 1.807) is 0 Å². The van der Waals surface area contributed by atoms with E-state index in [0.29, 0.717) is 5.75 Å². The molecule has 0 heterocycles. The molecule has 1 N–H and O–H groups in total. The zero-order chi connectivity index (χ0) is 11.4. The molecule has 0 aliphatic heterocycles. The van der Waals surface area contributed by atoms with Crippen LogP contribution in [0.25, 0.3) is 0 Å². The maximum atomic E-state index is 9.83. The second-order valence-corrected chi connectivity index (χ2v) is 3.74. The van der Waals surface area contributed by atoms with E-state index in [9.17, 15) is 5.11 Å². The van der Waals surface area contributed by atoms with Gasteiger partial charge in [-0.3, -0.25) is 0 Å². The van der Waals surface area contributed by atoms with Crippen molar-refractivity contribution in [3.63, 3.8) is 0 Å². The fraction of sp³-hybridized carbons (Fsp3) is 0.500. The first kappa shape index (κ1) is 11.7. The lowest BCUT2D eigenvalue weighted by molar-refractivity contribution is 0.475. The summed E-state index contributed by atoms with van der Waals surface area (Å²) >= 11 is 0. The van der Waals surface area contributed by atoms with Gasteiger partial charge in [0, 0.05) is 38.9 Å². The van der Waals surface area contributed by atoms with Gasteiger partial charge in [0.2, 0.25) is 0 Å². The van der Waals surface area contributed by atoms with Crippen LogP contribution in [-0.4, -0.2) is 32.3 Å². The third kappa shape index (κ3) is 2.55. The minimum Gasteiger partial charge on any atom is -0.506 e. The quantitative estimate of drug-likeness (QED) is 0.822. The van der Waals surface area contributed by atoms with Gasteiger partial charge in [0.25, 0.3) is 0 Å². The Morgan fingerprint density at radius 3 is 2.13 bits per heavy atom. The van der Waals surface area contributed by atoms with Crippen molar-refractivity contribution in [1.82, 2.24) is 0 Å². The van der Waals surface area contributed by atoms with Crippen molar-refractivity contribution in [1.29, 1.82) is 0 Å². The first-order valence-corrected chi connectivity index (χ1v) is 5.35. The Hall–Kier alpha value is -1.38. The Labute approximate surface area is 91.9 Å². The van der Waals surface area contributed by atoms with Crippen molar-refractivity contribution < 1.29 is 5.11 Å². The predicted octanol–water partition coefficient (Wildman–Crippen LogP) is 2.30. The first-order valence-electron chi connectivity index (χ1n) is 5.35. The van der Waals surface area contributed by atoms with Crippen molar-refractivity contribution >= 4 is 11.4 Å². The number of benzene rings is 1. The molecule has 0 atom stereocenters. The highest BCUT2D eigenvalue weighted by molar-refractivity contribution is 5.64. The Morgan fingerprint density at radius 1 is 1.13 bits per heavy atom. The second-order valence-electron chi connectivity index (χ2n) is 3.74. The predicted molar refractivity (Wildman–Crippen MR) is 66.0 cm³/mol. The number of hydrogen-bond acceptors (Lipinski definition) is 3. The van der Waals surface area contributed by atoms with Crippen LogP contribution in [0.1, 0.15) is 13.8 Å². The molecule has 0 aromatic heterocycles. The molecule has 0 aliphatic rings. The molecular weight excluding hydrogens is 188 g/mol. The van der Waals surface area contributed by atoms with Crippen LogP contribution < -0.4 is 9.80 Å². The molecule has 15 heavy (non-hydrogen) atoms.